The van der Waals surface area contributed by atoms with Crippen molar-refractivity contribution >= 4 is 17.8 Å². The molecule has 0 aliphatic rings. The molecule has 0 aliphatic carbocycles. The second-order valence-electron chi connectivity index (χ2n) is 4.58. The maximum absolute atomic E-state index is 12.0. The summed E-state index contributed by atoms with van der Waals surface area (Å²) in [7, 11) is 1.29. The van der Waals surface area contributed by atoms with Gasteiger partial charge in [0.05, 0.1) is 7.11 Å². The highest BCUT2D eigenvalue weighted by atomic mass is 16.5. The molecule has 0 aliphatic heterocycles. The van der Waals surface area contributed by atoms with Crippen molar-refractivity contribution in [1.29, 1.82) is 0 Å². The van der Waals surface area contributed by atoms with Crippen LogP contribution in [0.25, 0.3) is 0 Å². The Labute approximate surface area is 128 Å². The van der Waals surface area contributed by atoms with Crippen LogP contribution < -0.4 is 10.6 Å². The SMILES string of the molecule is COC(=O)C(Cc1ccccc1)NC(=O)Nc1ccccn1. The van der Waals surface area contributed by atoms with Crippen molar-refractivity contribution in [3.63, 3.8) is 0 Å². The summed E-state index contributed by atoms with van der Waals surface area (Å²) in [5, 5.41) is 5.17. The molecule has 0 radical (unpaired) electrons. The molecule has 1 heterocycles. The Morgan fingerprint density at radius 1 is 1.14 bits per heavy atom. The van der Waals surface area contributed by atoms with E-state index in [-0.39, 0.29) is 0 Å². The van der Waals surface area contributed by atoms with Gasteiger partial charge in [-0.05, 0) is 17.7 Å². The number of anilines is 1. The number of nitrogens with zero attached hydrogens (tertiary/aromatic N) is 1. The van der Waals surface area contributed by atoms with E-state index in [0.717, 1.165) is 5.56 Å². The van der Waals surface area contributed by atoms with Crippen molar-refractivity contribution in [3.05, 3.63) is 60.3 Å². The number of benzene rings is 1. The lowest BCUT2D eigenvalue weighted by molar-refractivity contribution is -0.142. The van der Waals surface area contributed by atoms with Gasteiger partial charge in [-0.15, -0.1) is 0 Å². The monoisotopic (exact) mass is 299 g/mol. The molecule has 0 bridgehead atoms. The van der Waals surface area contributed by atoms with Crippen LogP contribution in [0.2, 0.25) is 0 Å². The molecule has 0 saturated heterocycles. The van der Waals surface area contributed by atoms with Gasteiger partial charge in [0.1, 0.15) is 11.9 Å². The van der Waals surface area contributed by atoms with Crippen molar-refractivity contribution in [2.24, 2.45) is 0 Å². The molecule has 6 heteroatoms. The number of ether oxygens (including phenoxy) is 1. The minimum atomic E-state index is -0.767. The van der Waals surface area contributed by atoms with E-state index in [2.05, 4.69) is 15.6 Å². The van der Waals surface area contributed by atoms with Crippen LogP contribution in [0.3, 0.4) is 0 Å². The maximum atomic E-state index is 12.0. The predicted octanol–water partition coefficient (Wildman–Crippen LogP) is 1.99. The van der Waals surface area contributed by atoms with E-state index < -0.39 is 18.0 Å². The first-order chi connectivity index (χ1) is 10.7. The zero-order valence-corrected chi connectivity index (χ0v) is 12.2. The molecule has 1 atom stereocenters. The van der Waals surface area contributed by atoms with Gasteiger partial charge in [-0.2, -0.15) is 0 Å². The second-order valence-corrected chi connectivity index (χ2v) is 4.58. The lowest BCUT2D eigenvalue weighted by atomic mass is 10.1. The fourth-order valence-corrected chi connectivity index (χ4v) is 1.93. The largest absolute Gasteiger partial charge is 0.467 e. The third-order valence-electron chi connectivity index (χ3n) is 2.98. The molecule has 1 aromatic heterocycles. The van der Waals surface area contributed by atoms with E-state index >= 15 is 0 Å². The normalized spacial score (nSPS) is 11.3. The van der Waals surface area contributed by atoms with Crippen molar-refractivity contribution in [3.8, 4) is 0 Å². The number of carbonyl (C=O) groups excluding carboxylic acids is 2. The molecule has 1 aromatic carbocycles. The summed E-state index contributed by atoms with van der Waals surface area (Å²) >= 11 is 0. The Morgan fingerprint density at radius 2 is 1.86 bits per heavy atom. The molecule has 2 aromatic rings. The molecular weight excluding hydrogens is 282 g/mol. The maximum Gasteiger partial charge on any atom is 0.328 e. The zero-order valence-electron chi connectivity index (χ0n) is 12.2. The fraction of sp³-hybridized carbons (Fsp3) is 0.188. The van der Waals surface area contributed by atoms with Crippen molar-refractivity contribution in [1.82, 2.24) is 10.3 Å². The standard InChI is InChI=1S/C16H17N3O3/c1-22-15(20)13(11-12-7-3-2-4-8-12)18-16(21)19-14-9-5-6-10-17-14/h2-10,13H,11H2,1H3,(H2,17,18,19,21). The number of aromatic nitrogens is 1. The first kappa shape index (κ1) is 15.5. The lowest BCUT2D eigenvalue weighted by Gasteiger charge is -2.16. The van der Waals surface area contributed by atoms with Crippen LogP contribution >= 0.6 is 0 Å². The molecule has 0 spiro atoms. The van der Waals surface area contributed by atoms with Gasteiger partial charge in [0.25, 0.3) is 0 Å². The summed E-state index contributed by atoms with van der Waals surface area (Å²) in [6, 6.07) is 13.3. The summed E-state index contributed by atoms with van der Waals surface area (Å²) in [4.78, 5) is 27.8. The average molecular weight is 299 g/mol. The molecule has 2 N–H and O–H groups in total. The third-order valence-corrected chi connectivity index (χ3v) is 2.98. The predicted molar refractivity (Wildman–Crippen MR) is 82.3 cm³/mol. The van der Waals surface area contributed by atoms with E-state index in [1.807, 2.05) is 30.3 Å². The minimum absolute atomic E-state index is 0.350. The molecule has 2 rings (SSSR count). The summed E-state index contributed by atoms with van der Waals surface area (Å²) in [5.41, 5.74) is 0.927. The van der Waals surface area contributed by atoms with Gasteiger partial charge in [0, 0.05) is 12.6 Å². The van der Waals surface area contributed by atoms with Crippen molar-refractivity contribution in [2.45, 2.75) is 12.5 Å². The number of hydrogen-bond donors (Lipinski definition) is 2. The number of urea groups is 1. The van der Waals surface area contributed by atoms with Gasteiger partial charge in [-0.3, -0.25) is 5.32 Å². The van der Waals surface area contributed by atoms with Crippen molar-refractivity contribution < 1.29 is 14.3 Å². The number of pyridine rings is 1. The number of carbonyl (C=O) groups is 2. The van der Waals surface area contributed by atoms with E-state index in [1.165, 1.54) is 7.11 Å². The quantitative estimate of drug-likeness (QED) is 0.827. The average Bonchev–Trinajstić information content (AvgIpc) is 2.55. The van der Waals surface area contributed by atoms with E-state index in [9.17, 15) is 9.59 Å². The number of methoxy groups -OCH3 is 1. The third kappa shape index (κ3) is 4.59. The van der Waals surface area contributed by atoms with Crippen LogP contribution in [0.5, 0.6) is 0 Å². The summed E-state index contributed by atoms with van der Waals surface area (Å²) in [6.07, 6.45) is 1.92. The summed E-state index contributed by atoms with van der Waals surface area (Å²) in [6.45, 7) is 0. The fourth-order valence-electron chi connectivity index (χ4n) is 1.93. The molecule has 2 amide bonds. The topological polar surface area (TPSA) is 80.3 Å². The van der Waals surface area contributed by atoms with Crippen LogP contribution in [-0.4, -0.2) is 30.1 Å². The van der Waals surface area contributed by atoms with Gasteiger partial charge in [-0.25, -0.2) is 14.6 Å². The van der Waals surface area contributed by atoms with Gasteiger partial charge in [-0.1, -0.05) is 36.4 Å². The number of rotatable bonds is 5. The van der Waals surface area contributed by atoms with Crippen LogP contribution in [0, 0.1) is 0 Å². The first-order valence-electron chi connectivity index (χ1n) is 6.79. The Kier molecular flexibility index (Phi) is 5.48. The van der Waals surface area contributed by atoms with E-state index in [1.54, 1.807) is 24.4 Å². The zero-order chi connectivity index (χ0) is 15.8. The van der Waals surface area contributed by atoms with E-state index in [4.69, 9.17) is 4.74 Å². The first-order valence-corrected chi connectivity index (χ1v) is 6.79. The van der Waals surface area contributed by atoms with Crippen LogP contribution in [0.15, 0.2) is 54.7 Å². The molecule has 1 unspecified atom stereocenters. The van der Waals surface area contributed by atoms with Gasteiger partial charge >= 0.3 is 12.0 Å². The number of amides is 2. The van der Waals surface area contributed by atoms with Crippen LogP contribution in [0.4, 0.5) is 10.6 Å². The molecular formula is C16H17N3O3. The highest BCUT2D eigenvalue weighted by Gasteiger charge is 2.22. The van der Waals surface area contributed by atoms with Gasteiger partial charge in [0.15, 0.2) is 0 Å². The van der Waals surface area contributed by atoms with Gasteiger partial charge < -0.3 is 10.1 Å². The highest BCUT2D eigenvalue weighted by Crippen LogP contribution is 2.05. The molecule has 0 fully saturated rings. The van der Waals surface area contributed by atoms with Crippen LogP contribution in [-0.2, 0) is 16.0 Å². The highest BCUT2D eigenvalue weighted by molar-refractivity contribution is 5.91. The Hall–Kier alpha value is -2.89. The molecule has 6 nitrogen and oxygen atoms in total. The second kappa shape index (κ2) is 7.78. The molecule has 22 heavy (non-hydrogen) atoms. The Bertz CT molecular complexity index is 617. The summed E-state index contributed by atoms with van der Waals surface area (Å²) < 4.78 is 4.74. The molecule has 0 saturated carbocycles. The van der Waals surface area contributed by atoms with E-state index in [0.29, 0.717) is 12.2 Å². The number of nitrogens with one attached hydrogen (secondary N) is 2. The van der Waals surface area contributed by atoms with Crippen LogP contribution in [0.1, 0.15) is 5.56 Å². The van der Waals surface area contributed by atoms with Crippen molar-refractivity contribution in [2.75, 3.05) is 12.4 Å². The van der Waals surface area contributed by atoms with Gasteiger partial charge in [0.2, 0.25) is 0 Å². The number of esters is 1. The minimum Gasteiger partial charge on any atom is -0.467 e. The Morgan fingerprint density at radius 3 is 2.50 bits per heavy atom. The summed E-state index contributed by atoms with van der Waals surface area (Å²) in [5.74, 6) is -0.0941. The lowest BCUT2D eigenvalue weighted by Crippen LogP contribution is -2.45. The molecule has 114 valence electrons. The Balaban J connectivity index is 2.00. The smallest absolute Gasteiger partial charge is 0.328 e. The number of hydrogen-bond acceptors (Lipinski definition) is 4.